The summed E-state index contributed by atoms with van der Waals surface area (Å²) in [6, 6.07) is 9.45. The van der Waals surface area contributed by atoms with E-state index in [4.69, 9.17) is 5.73 Å². The van der Waals surface area contributed by atoms with E-state index in [-0.39, 0.29) is 30.0 Å². The predicted octanol–water partition coefficient (Wildman–Crippen LogP) is 4.60. The van der Waals surface area contributed by atoms with Gasteiger partial charge in [0.15, 0.2) is 0 Å². The maximum Gasteiger partial charge on any atom is 0.251 e. The standard InChI is InChI=1S/C27H22BrF3N6O2/c28-27-35-26(15-3-4-15)37(36-27)13-23(38)34-22(10-14-8-17(29)12-18(30)9-14)24-19(2-1-7-33-24)16-5-6-21(31)20(11-16)25(32)39/h1-2,5-9,11-12,15,22H,3-4,10,13H2,(H2,32,39)(H,34,38)/t22-/m0/s1. The van der Waals surface area contributed by atoms with Crippen molar-refractivity contribution in [3.05, 3.63) is 99.6 Å². The zero-order valence-electron chi connectivity index (χ0n) is 20.4. The number of nitrogens with zero attached hydrogens (tertiary/aromatic N) is 4. The summed E-state index contributed by atoms with van der Waals surface area (Å²) < 4.78 is 44.1. The number of primary amides is 1. The SMILES string of the molecule is NC(=O)c1cc(-c2cccnc2[C@H](Cc2cc(F)cc(F)c2)NC(=O)Cn2nc(Br)nc2C2CC2)ccc1F. The molecule has 1 fully saturated rings. The third-order valence-electron chi connectivity index (χ3n) is 6.32. The van der Waals surface area contributed by atoms with Crippen LogP contribution < -0.4 is 11.1 Å². The lowest BCUT2D eigenvalue weighted by molar-refractivity contribution is -0.122. The van der Waals surface area contributed by atoms with E-state index in [1.165, 1.54) is 35.1 Å². The van der Waals surface area contributed by atoms with Gasteiger partial charge in [0.1, 0.15) is 29.8 Å². The number of rotatable bonds is 9. The Bertz CT molecular complexity index is 1550. The third-order valence-corrected chi connectivity index (χ3v) is 6.66. The lowest BCUT2D eigenvalue weighted by atomic mass is 9.94. The Hall–Kier alpha value is -4.06. The van der Waals surface area contributed by atoms with Crippen molar-refractivity contribution in [2.45, 2.75) is 37.8 Å². The average molecular weight is 599 g/mol. The first-order valence-corrected chi connectivity index (χ1v) is 12.9. The van der Waals surface area contributed by atoms with Crippen LogP contribution in [0.2, 0.25) is 0 Å². The van der Waals surface area contributed by atoms with E-state index in [1.807, 2.05) is 0 Å². The van der Waals surface area contributed by atoms with Gasteiger partial charge in [-0.15, -0.1) is 5.10 Å². The Morgan fingerprint density at radius 3 is 2.54 bits per heavy atom. The largest absolute Gasteiger partial charge is 0.366 e. The molecule has 1 atom stereocenters. The van der Waals surface area contributed by atoms with Gasteiger partial charge in [-0.2, -0.15) is 0 Å². The summed E-state index contributed by atoms with van der Waals surface area (Å²) in [4.78, 5) is 33.8. The molecule has 0 aliphatic heterocycles. The van der Waals surface area contributed by atoms with Gasteiger partial charge in [-0.1, -0.05) is 12.1 Å². The molecule has 2 heterocycles. The molecule has 1 aliphatic rings. The van der Waals surface area contributed by atoms with Gasteiger partial charge in [0.2, 0.25) is 10.6 Å². The van der Waals surface area contributed by atoms with Crippen molar-refractivity contribution in [3.8, 4) is 11.1 Å². The fraction of sp³-hybridized carbons (Fsp3) is 0.222. The molecule has 12 heteroatoms. The topological polar surface area (TPSA) is 116 Å². The highest BCUT2D eigenvalue weighted by Crippen LogP contribution is 2.39. The number of benzene rings is 2. The van der Waals surface area contributed by atoms with E-state index < -0.39 is 35.3 Å². The summed E-state index contributed by atoms with van der Waals surface area (Å²) in [5, 5.41) is 7.17. The molecule has 1 saturated carbocycles. The van der Waals surface area contributed by atoms with E-state index in [0.29, 0.717) is 27.4 Å². The molecule has 5 rings (SSSR count). The Labute approximate surface area is 229 Å². The third kappa shape index (κ3) is 6.17. The number of amides is 2. The van der Waals surface area contributed by atoms with Gasteiger partial charge in [0, 0.05) is 23.7 Å². The van der Waals surface area contributed by atoms with Gasteiger partial charge in [-0.05, 0) is 76.7 Å². The molecular formula is C27H22BrF3N6O2. The summed E-state index contributed by atoms with van der Waals surface area (Å²) in [5.41, 5.74) is 6.56. The van der Waals surface area contributed by atoms with Crippen molar-refractivity contribution in [2.24, 2.45) is 5.73 Å². The lowest BCUT2D eigenvalue weighted by Crippen LogP contribution is -2.34. The van der Waals surface area contributed by atoms with Gasteiger partial charge >= 0.3 is 0 Å². The summed E-state index contributed by atoms with van der Waals surface area (Å²) in [7, 11) is 0. The van der Waals surface area contributed by atoms with Crippen molar-refractivity contribution >= 4 is 27.7 Å². The van der Waals surface area contributed by atoms with Crippen molar-refractivity contribution < 1.29 is 22.8 Å². The molecule has 0 spiro atoms. The van der Waals surface area contributed by atoms with E-state index in [9.17, 15) is 22.8 Å². The van der Waals surface area contributed by atoms with Crippen LogP contribution in [-0.4, -0.2) is 31.6 Å². The van der Waals surface area contributed by atoms with Crippen LogP contribution in [0.3, 0.4) is 0 Å². The Morgan fingerprint density at radius 2 is 1.85 bits per heavy atom. The zero-order chi connectivity index (χ0) is 27.7. The summed E-state index contributed by atoms with van der Waals surface area (Å²) in [5.74, 6) is -2.73. The molecule has 200 valence electrons. The van der Waals surface area contributed by atoms with Gasteiger partial charge in [-0.3, -0.25) is 14.6 Å². The molecule has 2 amide bonds. The number of hydrogen-bond acceptors (Lipinski definition) is 5. The highest BCUT2D eigenvalue weighted by atomic mass is 79.9. The van der Waals surface area contributed by atoms with Gasteiger partial charge < -0.3 is 11.1 Å². The highest BCUT2D eigenvalue weighted by molar-refractivity contribution is 9.10. The highest BCUT2D eigenvalue weighted by Gasteiger charge is 2.30. The number of aromatic nitrogens is 4. The maximum atomic E-state index is 14.2. The number of carbonyl (C=O) groups excluding carboxylic acids is 2. The van der Waals surface area contributed by atoms with Crippen LogP contribution in [-0.2, 0) is 17.8 Å². The Kier molecular flexibility index (Phi) is 7.47. The van der Waals surface area contributed by atoms with Crippen molar-refractivity contribution in [2.75, 3.05) is 0 Å². The number of hydrogen-bond donors (Lipinski definition) is 2. The number of nitrogens with one attached hydrogen (secondary N) is 1. The normalized spacial score (nSPS) is 13.7. The Balaban J connectivity index is 1.51. The van der Waals surface area contributed by atoms with Crippen LogP contribution in [0.15, 0.2) is 59.5 Å². The van der Waals surface area contributed by atoms with Gasteiger partial charge in [0.25, 0.3) is 5.91 Å². The quantitative estimate of drug-likeness (QED) is 0.292. The summed E-state index contributed by atoms with van der Waals surface area (Å²) in [6.07, 6.45) is 3.42. The summed E-state index contributed by atoms with van der Waals surface area (Å²) in [6.45, 7) is -0.136. The van der Waals surface area contributed by atoms with Gasteiger partial charge in [-0.25, -0.2) is 22.8 Å². The van der Waals surface area contributed by atoms with E-state index in [1.54, 1.807) is 12.1 Å². The van der Waals surface area contributed by atoms with Crippen LogP contribution in [0.1, 0.15) is 52.2 Å². The first-order valence-electron chi connectivity index (χ1n) is 12.1. The fourth-order valence-electron chi connectivity index (χ4n) is 4.46. The first-order chi connectivity index (χ1) is 18.7. The molecule has 8 nitrogen and oxygen atoms in total. The number of pyridine rings is 1. The molecule has 4 aromatic rings. The zero-order valence-corrected chi connectivity index (χ0v) is 22.0. The smallest absolute Gasteiger partial charge is 0.251 e. The van der Waals surface area contributed by atoms with Crippen LogP contribution in [0.4, 0.5) is 13.2 Å². The Morgan fingerprint density at radius 1 is 1.10 bits per heavy atom. The first kappa shape index (κ1) is 26.5. The molecule has 0 saturated heterocycles. The van der Waals surface area contributed by atoms with Crippen molar-refractivity contribution in [3.63, 3.8) is 0 Å². The second-order valence-corrected chi connectivity index (χ2v) is 9.98. The van der Waals surface area contributed by atoms with E-state index >= 15 is 0 Å². The molecule has 2 aromatic heterocycles. The second kappa shape index (κ2) is 11.0. The molecule has 2 aromatic carbocycles. The van der Waals surface area contributed by atoms with Gasteiger partial charge in [0.05, 0.1) is 17.3 Å². The number of carbonyl (C=O) groups is 2. The van der Waals surface area contributed by atoms with Crippen LogP contribution in [0.25, 0.3) is 11.1 Å². The number of nitrogens with two attached hydrogens (primary N) is 1. The van der Waals surface area contributed by atoms with Crippen LogP contribution in [0, 0.1) is 17.5 Å². The average Bonchev–Trinajstić information content (AvgIpc) is 3.65. The minimum absolute atomic E-state index is 0.00909. The molecule has 0 radical (unpaired) electrons. The monoisotopic (exact) mass is 598 g/mol. The maximum absolute atomic E-state index is 14.2. The van der Waals surface area contributed by atoms with E-state index in [0.717, 1.165) is 25.0 Å². The van der Waals surface area contributed by atoms with Crippen LogP contribution in [0.5, 0.6) is 0 Å². The molecule has 1 aliphatic carbocycles. The van der Waals surface area contributed by atoms with Crippen molar-refractivity contribution in [1.29, 1.82) is 0 Å². The van der Waals surface area contributed by atoms with E-state index in [2.05, 4.69) is 36.3 Å². The molecule has 39 heavy (non-hydrogen) atoms. The summed E-state index contributed by atoms with van der Waals surface area (Å²) >= 11 is 3.26. The minimum atomic E-state index is -0.940. The second-order valence-electron chi connectivity index (χ2n) is 9.27. The molecular weight excluding hydrogens is 577 g/mol. The number of halogens is 4. The molecule has 0 unspecified atom stereocenters. The van der Waals surface area contributed by atoms with Crippen LogP contribution >= 0.6 is 15.9 Å². The van der Waals surface area contributed by atoms with Crippen molar-refractivity contribution in [1.82, 2.24) is 25.1 Å². The molecule has 3 N–H and O–H groups in total. The lowest BCUT2D eigenvalue weighted by Gasteiger charge is -2.22. The predicted molar refractivity (Wildman–Crippen MR) is 139 cm³/mol. The fourth-order valence-corrected chi connectivity index (χ4v) is 4.84. The minimum Gasteiger partial charge on any atom is -0.366 e. The molecule has 0 bridgehead atoms.